The number of halogens is 5. The van der Waals surface area contributed by atoms with Gasteiger partial charge in [-0.15, -0.1) is 0 Å². The summed E-state index contributed by atoms with van der Waals surface area (Å²) in [5.74, 6) is -8.69. The van der Waals surface area contributed by atoms with Gasteiger partial charge in [-0.25, -0.2) is 4.39 Å². The molecular formula is C7H9F5. The van der Waals surface area contributed by atoms with Crippen LogP contribution in [-0.4, -0.2) is 17.5 Å². The van der Waals surface area contributed by atoms with Gasteiger partial charge < -0.3 is 0 Å². The molecule has 1 aliphatic rings. The van der Waals surface area contributed by atoms with E-state index in [0.717, 1.165) is 6.92 Å². The van der Waals surface area contributed by atoms with Crippen molar-refractivity contribution in [1.29, 1.82) is 0 Å². The van der Waals surface area contributed by atoms with Crippen LogP contribution in [0.3, 0.4) is 0 Å². The smallest absolute Gasteiger partial charge is 0.237 e. The Bertz CT molecular complexity index is 188. The molecule has 0 amide bonds. The summed E-state index contributed by atoms with van der Waals surface area (Å²) in [4.78, 5) is 0. The highest BCUT2D eigenvalue weighted by Crippen LogP contribution is 2.56. The van der Waals surface area contributed by atoms with Crippen molar-refractivity contribution in [1.82, 2.24) is 0 Å². The van der Waals surface area contributed by atoms with Crippen molar-refractivity contribution in [3.8, 4) is 0 Å². The second kappa shape index (κ2) is 2.33. The lowest BCUT2D eigenvalue weighted by atomic mass is 9.97. The van der Waals surface area contributed by atoms with Gasteiger partial charge in [0, 0.05) is 6.42 Å². The highest BCUT2D eigenvalue weighted by molar-refractivity contribution is 5.08. The van der Waals surface area contributed by atoms with Gasteiger partial charge in [0.15, 0.2) is 5.67 Å². The van der Waals surface area contributed by atoms with Crippen LogP contribution in [0.4, 0.5) is 22.0 Å². The van der Waals surface area contributed by atoms with Crippen LogP contribution >= 0.6 is 0 Å². The summed E-state index contributed by atoms with van der Waals surface area (Å²) < 4.78 is 63.2. The predicted octanol–water partition coefficient (Wildman–Crippen LogP) is 3.17. The molecule has 0 radical (unpaired) electrons. The van der Waals surface area contributed by atoms with Crippen LogP contribution in [-0.2, 0) is 0 Å². The summed E-state index contributed by atoms with van der Waals surface area (Å²) in [5.41, 5.74) is -3.02. The molecular weight excluding hydrogens is 179 g/mol. The molecule has 1 unspecified atom stereocenters. The molecule has 1 rings (SSSR count). The first-order valence-electron chi connectivity index (χ1n) is 3.71. The molecule has 0 aromatic heterocycles. The van der Waals surface area contributed by atoms with Crippen LogP contribution in [0.1, 0.15) is 26.2 Å². The van der Waals surface area contributed by atoms with Crippen LogP contribution in [0.15, 0.2) is 0 Å². The number of rotatable bonds is 1. The lowest BCUT2D eigenvalue weighted by Gasteiger charge is -2.28. The zero-order valence-corrected chi connectivity index (χ0v) is 6.51. The van der Waals surface area contributed by atoms with Gasteiger partial charge in [0.1, 0.15) is 0 Å². The SMILES string of the molecule is CCC1(F)CCC(F)(F)C1(F)F. The Morgan fingerprint density at radius 3 is 1.67 bits per heavy atom. The monoisotopic (exact) mass is 188 g/mol. The third kappa shape index (κ3) is 0.944. The Morgan fingerprint density at radius 2 is 1.50 bits per heavy atom. The van der Waals surface area contributed by atoms with Crippen molar-refractivity contribution >= 4 is 0 Å². The number of alkyl halides is 5. The Hall–Kier alpha value is -0.350. The maximum absolute atomic E-state index is 13.1. The van der Waals surface area contributed by atoms with E-state index < -0.39 is 36.8 Å². The fourth-order valence-electron chi connectivity index (χ4n) is 1.40. The van der Waals surface area contributed by atoms with E-state index in [4.69, 9.17) is 0 Å². The van der Waals surface area contributed by atoms with E-state index in [9.17, 15) is 22.0 Å². The second-order valence-electron chi connectivity index (χ2n) is 3.10. The topological polar surface area (TPSA) is 0 Å². The molecule has 5 heteroatoms. The third-order valence-electron chi connectivity index (χ3n) is 2.42. The van der Waals surface area contributed by atoms with Gasteiger partial charge >= 0.3 is 11.8 Å². The van der Waals surface area contributed by atoms with E-state index in [1.807, 2.05) is 0 Å². The Morgan fingerprint density at radius 1 is 1.00 bits per heavy atom. The largest absolute Gasteiger partial charge is 0.343 e. The van der Waals surface area contributed by atoms with Crippen LogP contribution in [0.5, 0.6) is 0 Å². The minimum atomic E-state index is -4.51. The van der Waals surface area contributed by atoms with Gasteiger partial charge in [-0.05, 0) is 12.8 Å². The van der Waals surface area contributed by atoms with Gasteiger partial charge in [0.25, 0.3) is 0 Å². The molecule has 1 fully saturated rings. The van der Waals surface area contributed by atoms with Crippen molar-refractivity contribution in [2.45, 2.75) is 43.7 Å². The van der Waals surface area contributed by atoms with Gasteiger partial charge in [-0.1, -0.05) is 6.92 Å². The normalized spacial score (nSPS) is 38.5. The number of hydrogen-bond acceptors (Lipinski definition) is 0. The van der Waals surface area contributed by atoms with E-state index in [1.165, 1.54) is 0 Å². The molecule has 0 saturated heterocycles. The molecule has 12 heavy (non-hydrogen) atoms. The first kappa shape index (κ1) is 9.74. The minimum Gasteiger partial charge on any atom is -0.237 e. The van der Waals surface area contributed by atoms with Crippen LogP contribution in [0.25, 0.3) is 0 Å². The van der Waals surface area contributed by atoms with Gasteiger partial charge in [-0.2, -0.15) is 17.6 Å². The minimum absolute atomic E-state index is 0.574. The molecule has 1 saturated carbocycles. The van der Waals surface area contributed by atoms with Gasteiger partial charge in [-0.3, -0.25) is 0 Å². The molecule has 0 N–H and O–H groups in total. The predicted molar refractivity (Wildman–Crippen MR) is 33.3 cm³/mol. The number of hydrogen-bond donors (Lipinski definition) is 0. The van der Waals surface area contributed by atoms with Crippen molar-refractivity contribution in [3.05, 3.63) is 0 Å². The molecule has 1 atom stereocenters. The second-order valence-corrected chi connectivity index (χ2v) is 3.10. The highest BCUT2D eigenvalue weighted by atomic mass is 19.3. The van der Waals surface area contributed by atoms with Gasteiger partial charge in [0.05, 0.1) is 0 Å². The molecule has 0 nitrogen and oxygen atoms in total. The molecule has 0 aliphatic heterocycles. The third-order valence-corrected chi connectivity index (χ3v) is 2.42. The molecule has 0 aromatic carbocycles. The van der Waals surface area contributed by atoms with E-state index >= 15 is 0 Å². The first-order valence-corrected chi connectivity index (χ1v) is 3.71. The Kier molecular flexibility index (Phi) is 1.89. The summed E-state index contributed by atoms with van der Waals surface area (Å²) in [6.45, 7) is 1.15. The maximum atomic E-state index is 13.1. The zero-order valence-electron chi connectivity index (χ0n) is 6.51. The summed E-state index contributed by atoms with van der Waals surface area (Å²) in [6.07, 6.45) is -2.40. The fourth-order valence-corrected chi connectivity index (χ4v) is 1.40. The van der Waals surface area contributed by atoms with Crippen LogP contribution < -0.4 is 0 Å². The fraction of sp³-hybridized carbons (Fsp3) is 1.00. The summed E-state index contributed by atoms with van der Waals surface area (Å²) in [5, 5.41) is 0. The molecule has 0 heterocycles. The zero-order chi connectivity index (χ0) is 9.62. The van der Waals surface area contributed by atoms with E-state index in [2.05, 4.69) is 0 Å². The van der Waals surface area contributed by atoms with Crippen molar-refractivity contribution < 1.29 is 22.0 Å². The molecule has 0 bridgehead atoms. The summed E-state index contributed by atoms with van der Waals surface area (Å²) >= 11 is 0. The van der Waals surface area contributed by atoms with E-state index in [1.54, 1.807) is 0 Å². The van der Waals surface area contributed by atoms with Crippen molar-refractivity contribution in [2.75, 3.05) is 0 Å². The first-order chi connectivity index (χ1) is 5.27. The van der Waals surface area contributed by atoms with Crippen molar-refractivity contribution in [3.63, 3.8) is 0 Å². The quantitative estimate of drug-likeness (QED) is 0.554. The van der Waals surface area contributed by atoms with E-state index in [-0.39, 0.29) is 0 Å². The molecule has 0 spiro atoms. The molecule has 1 aliphatic carbocycles. The van der Waals surface area contributed by atoms with Crippen LogP contribution in [0.2, 0.25) is 0 Å². The standard InChI is InChI=1S/C7H9F5/c1-2-5(8)3-4-6(9,10)7(5,11)12/h2-4H2,1H3. The Labute approximate surface area is 66.8 Å². The lowest BCUT2D eigenvalue weighted by Crippen LogP contribution is -2.48. The summed E-state index contributed by atoms with van der Waals surface area (Å²) in [7, 11) is 0. The van der Waals surface area contributed by atoms with Gasteiger partial charge in [0.2, 0.25) is 0 Å². The highest BCUT2D eigenvalue weighted by Gasteiger charge is 2.73. The van der Waals surface area contributed by atoms with Crippen LogP contribution in [0, 0.1) is 0 Å². The molecule has 0 aromatic rings. The Balaban J connectivity index is 3.00. The maximum Gasteiger partial charge on any atom is 0.343 e. The average Bonchev–Trinajstić information content (AvgIpc) is 2.12. The van der Waals surface area contributed by atoms with Crippen molar-refractivity contribution in [2.24, 2.45) is 0 Å². The average molecular weight is 188 g/mol. The van der Waals surface area contributed by atoms with E-state index in [0.29, 0.717) is 0 Å². The molecule has 72 valence electrons. The lowest BCUT2D eigenvalue weighted by molar-refractivity contribution is -0.236. The summed E-state index contributed by atoms with van der Waals surface area (Å²) in [6, 6.07) is 0.